The number of methoxy groups -OCH3 is 1. The van der Waals surface area contributed by atoms with Crippen LogP contribution in [0.2, 0.25) is 5.02 Å². The Bertz CT molecular complexity index is 823. The van der Waals surface area contributed by atoms with E-state index < -0.39 is 10.0 Å². The molecular weight excluding hydrogens is 364 g/mol. The van der Waals surface area contributed by atoms with Crippen molar-refractivity contribution in [2.45, 2.75) is 17.9 Å². The van der Waals surface area contributed by atoms with Crippen molar-refractivity contribution in [2.24, 2.45) is 0 Å². The molecule has 0 aliphatic heterocycles. The van der Waals surface area contributed by atoms with Gasteiger partial charge in [0.25, 0.3) is 0 Å². The second-order valence-electron chi connectivity index (χ2n) is 5.23. The lowest BCUT2D eigenvalue weighted by Crippen LogP contribution is -2.30. The summed E-state index contributed by atoms with van der Waals surface area (Å²) in [7, 11) is -2.08. The quantitative estimate of drug-likeness (QED) is 0.733. The Hall–Kier alpha value is -2.09. The first kappa shape index (κ1) is 19.2. The summed E-state index contributed by atoms with van der Waals surface area (Å²) in [6.45, 7) is 0.356. The number of sulfonamides is 1. The summed E-state index contributed by atoms with van der Waals surface area (Å²) in [5, 5.41) is 3.19. The highest BCUT2D eigenvalue weighted by atomic mass is 35.5. The second-order valence-corrected chi connectivity index (χ2v) is 7.43. The molecule has 0 unspecified atom stereocenters. The molecule has 2 N–H and O–H groups in total. The molecule has 6 nitrogen and oxygen atoms in total. The number of amides is 1. The van der Waals surface area contributed by atoms with Crippen molar-refractivity contribution in [1.29, 1.82) is 0 Å². The second kappa shape index (κ2) is 8.84. The Morgan fingerprint density at radius 3 is 2.56 bits per heavy atom. The lowest BCUT2D eigenvalue weighted by atomic mass is 10.2. The molecule has 0 aliphatic rings. The van der Waals surface area contributed by atoms with Crippen molar-refractivity contribution >= 4 is 27.5 Å². The van der Waals surface area contributed by atoms with Crippen LogP contribution in [-0.4, -0.2) is 28.0 Å². The Morgan fingerprint density at radius 1 is 1.16 bits per heavy atom. The maximum absolute atomic E-state index is 12.1. The van der Waals surface area contributed by atoms with Gasteiger partial charge in [0.05, 0.1) is 12.0 Å². The Labute approximate surface area is 152 Å². The molecule has 25 heavy (non-hydrogen) atoms. The molecule has 0 aliphatic carbocycles. The lowest BCUT2D eigenvalue weighted by molar-refractivity contribution is -0.121. The van der Waals surface area contributed by atoms with Gasteiger partial charge in [-0.2, -0.15) is 0 Å². The number of carbonyl (C=O) groups excluding carboxylic acids is 1. The Balaban J connectivity index is 1.79. The molecular formula is C17H19ClN2O4S. The van der Waals surface area contributed by atoms with Crippen molar-refractivity contribution in [3.63, 3.8) is 0 Å². The molecule has 0 heterocycles. The van der Waals surface area contributed by atoms with Crippen LogP contribution in [0.5, 0.6) is 5.75 Å². The SMILES string of the molecule is COc1cccc(CNC(=O)CCNS(=O)(=O)c2ccc(Cl)cc2)c1. The van der Waals surface area contributed by atoms with Crippen LogP contribution in [0.3, 0.4) is 0 Å². The van der Waals surface area contributed by atoms with Crippen molar-refractivity contribution < 1.29 is 17.9 Å². The first-order chi connectivity index (χ1) is 11.9. The van der Waals surface area contributed by atoms with Crippen molar-refractivity contribution in [3.8, 4) is 5.75 Å². The van der Waals surface area contributed by atoms with E-state index in [0.29, 0.717) is 17.3 Å². The molecule has 0 bridgehead atoms. The van der Waals surface area contributed by atoms with E-state index >= 15 is 0 Å². The van der Waals surface area contributed by atoms with Gasteiger partial charge < -0.3 is 10.1 Å². The molecule has 1 amide bonds. The predicted molar refractivity (Wildman–Crippen MR) is 96.1 cm³/mol. The average Bonchev–Trinajstić information content (AvgIpc) is 2.60. The van der Waals surface area contributed by atoms with Crippen LogP contribution >= 0.6 is 11.6 Å². The van der Waals surface area contributed by atoms with Gasteiger partial charge in [-0.05, 0) is 42.0 Å². The van der Waals surface area contributed by atoms with Gasteiger partial charge in [0.2, 0.25) is 15.9 Å². The predicted octanol–water partition coefficient (Wildman–Crippen LogP) is 2.33. The molecule has 2 rings (SSSR count). The third kappa shape index (κ3) is 6.04. The number of benzene rings is 2. The molecule has 2 aromatic carbocycles. The van der Waals surface area contributed by atoms with Gasteiger partial charge in [0, 0.05) is 24.5 Å². The molecule has 0 radical (unpaired) electrons. The fraction of sp³-hybridized carbons (Fsp3) is 0.235. The summed E-state index contributed by atoms with van der Waals surface area (Å²) >= 11 is 5.74. The minimum atomic E-state index is -3.65. The van der Waals surface area contributed by atoms with E-state index in [4.69, 9.17) is 16.3 Å². The van der Waals surface area contributed by atoms with Gasteiger partial charge in [-0.15, -0.1) is 0 Å². The van der Waals surface area contributed by atoms with Gasteiger partial charge in [0.15, 0.2) is 0 Å². The highest BCUT2D eigenvalue weighted by Gasteiger charge is 2.13. The Morgan fingerprint density at radius 2 is 1.88 bits per heavy atom. The third-order valence-corrected chi connectivity index (χ3v) is 5.12. The largest absolute Gasteiger partial charge is 0.497 e. The van der Waals surface area contributed by atoms with Crippen molar-refractivity contribution in [1.82, 2.24) is 10.0 Å². The van der Waals surface area contributed by atoms with Gasteiger partial charge in [-0.1, -0.05) is 23.7 Å². The van der Waals surface area contributed by atoms with Crippen LogP contribution < -0.4 is 14.8 Å². The first-order valence-corrected chi connectivity index (χ1v) is 9.42. The molecule has 0 fully saturated rings. The van der Waals surface area contributed by atoms with Crippen LogP contribution in [0.1, 0.15) is 12.0 Å². The summed E-state index contributed by atoms with van der Waals surface area (Å²) in [5.74, 6) is 0.462. The number of carbonyl (C=O) groups is 1. The first-order valence-electron chi connectivity index (χ1n) is 7.55. The van der Waals surface area contributed by atoms with E-state index in [9.17, 15) is 13.2 Å². The van der Waals surface area contributed by atoms with E-state index in [1.54, 1.807) is 7.11 Å². The molecule has 2 aromatic rings. The van der Waals surface area contributed by atoms with Crippen molar-refractivity contribution in [2.75, 3.05) is 13.7 Å². The number of hydrogen-bond donors (Lipinski definition) is 2. The summed E-state index contributed by atoms with van der Waals surface area (Å²) < 4.78 is 31.7. The monoisotopic (exact) mass is 382 g/mol. The highest BCUT2D eigenvalue weighted by Crippen LogP contribution is 2.14. The zero-order valence-electron chi connectivity index (χ0n) is 13.7. The molecule has 0 spiro atoms. The van der Waals surface area contributed by atoms with Crippen LogP contribution in [0.25, 0.3) is 0 Å². The number of rotatable bonds is 8. The minimum Gasteiger partial charge on any atom is -0.497 e. The molecule has 0 saturated carbocycles. The smallest absolute Gasteiger partial charge is 0.240 e. The maximum atomic E-state index is 12.1. The molecule has 0 saturated heterocycles. The van der Waals surface area contributed by atoms with Gasteiger partial charge in [0.1, 0.15) is 5.75 Å². The standard InChI is InChI=1S/C17H19ClN2O4S/c1-24-15-4-2-3-13(11-15)12-19-17(21)9-10-20-25(22,23)16-7-5-14(18)6-8-16/h2-8,11,20H,9-10,12H2,1H3,(H,19,21). The van der Waals surface area contributed by atoms with E-state index in [2.05, 4.69) is 10.0 Å². The van der Waals surface area contributed by atoms with Gasteiger partial charge in [-0.3, -0.25) is 4.79 Å². The van der Waals surface area contributed by atoms with Crippen LogP contribution in [0.15, 0.2) is 53.4 Å². The topological polar surface area (TPSA) is 84.5 Å². The molecule has 8 heteroatoms. The Kier molecular flexibility index (Phi) is 6.81. The van der Waals surface area contributed by atoms with Crippen LogP contribution in [0.4, 0.5) is 0 Å². The molecule has 0 aromatic heterocycles. The summed E-state index contributed by atoms with van der Waals surface area (Å²) in [5.41, 5.74) is 0.898. The highest BCUT2D eigenvalue weighted by molar-refractivity contribution is 7.89. The number of halogens is 1. The third-order valence-electron chi connectivity index (χ3n) is 3.39. The van der Waals surface area contributed by atoms with Crippen LogP contribution in [0, 0.1) is 0 Å². The number of nitrogens with one attached hydrogen (secondary N) is 2. The average molecular weight is 383 g/mol. The van der Waals surface area contributed by atoms with Gasteiger partial charge >= 0.3 is 0 Å². The molecule has 0 atom stereocenters. The minimum absolute atomic E-state index is 0.00883. The summed E-state index contributed by atoms with van der Waals surface area (Å²) in [4.78, 5) is 11.9. The molecule has 134 valence electrons. The lowest BCUT2D eigenvalue weighted by Gasteiger charge is -2.08. The number of ether oxygens (including phenoxy) is 1. The maximum Gasteiger partial charge on any atom is 0.240 e. The normalized spacial score (nSPS) is 11.1. The van der Waals surface area contributed by atoms with Crippen LogP contribution in [-0.2, 0) is 21.4 Å². The van der Waals surface area contributed by atoms with E-state index in [1.165, 1.54) is 24.3 Å². The fourth-order valence-electron chi connectivity index (χ4n) is 2.07. The van der Waals surface area contributed by atoms with E-state index in [1.807, 2.05) is 24.3 Å². The fourth-order valence-corrected chi connectivity index (χ4v) is 3.23. The van der Waals surface area contributed by atoms with Gasteiger partial charge in [-0.25, -0.2) is 13.1 Å². The summed E-state index contributed by atoms with van der Waals surface area (Å²) in [6.07, 6.45) is 0.0385. The van der Waals surface area contributed by atoms with Crippen molar-refractivity contribution in [3.05, 3.63) is 59.1 Å². The van der Waals surface area contributed by atoms with E-state index in [0.717, 1.165) is 5.56 Å². The van der Waals surface area contributed by atoms with E-state index in [-0.39, 0.29) is 23.8 Å². The summed E-state index contributed by atoms with van der Waals surface area (Å²) in [6, 6.07) is 13.2. The zero-order valence-corrected chi connectivity index (χ0v) is 15.2. The zero-order chi connectivity index (χ0) is 18.3. The number of hydrogen-bond acceptors (Lipinski definition) is 4.